The Morgan fingerprint density at radius 2 is 2.00 bits per heavy atom. The third-order valence-electron chi connectivity index (χ3n) is 3.16. The average molecular weight is 357 g/mol. The Bertz CT molecular complexity index is 588. The first-order valence-electron chi connectivity index (χ1n) is 6.53. The summed E-state index contributed by atoms with van der Waals surface area (Å²) in [6.45, 7) is 2.83. The van der Waals surface area contributed by atoms with Gasteiger partial charge >= 0.3 is 0 Å². The predicted molar refractivity (Wildman–Crippen MR) is 85.7 cm³/mol. The highest BCUT2D eigenvalue weighted by Gasteiger charge is 2.16. The van der Waals surface area contributed by atoms with Crippen molar-refractivity contribution in [3.8, 4) is 0 Å². The maximum absolute atomic E-state index is 13.9. The van der Waals surface area contributed by atoms with Crippen LogP contribution in [0.1, 0.15) is 24.1 Å². The van der Waals surface area contributed by atoms with Crippen LogP contribution in [0.3, 0.4) is 0 Å². The highest BCUT2D eigenvalue weighted by atomic mass is 79.9. The summed E-state index contributed by atoms with van der Waals surface area (Å²) in [6.07, 6.45) is 0.558. The fourth-order valence-electron chi connectivity index (χ4n) is 2.22. The molecule has 1 nitrogen and oxygen atoms in total. The summed E-state index contributed by atoms with van der Waals surface area (Å²) < 4.78 is 14.8. The number of halogens is 3. The van der Waals surface area contributed by atoms with Crippen LogP contribution in [0.15, 0.2) is 46.9 Å². The van der Waals surface area contributed by atoms with Gasteiger partial charge in [0.2, 0.25) is 0 Å². The molecule has 4 heteroatoms. The minimum Gasteiger partial charge on any atom is -0.310 e. The molecule has 0 aliphatic heterocycles. The van der Waals surface area contributed by atoms with Crippen LogP contribution >= 0.6 is 27.5 Å². The first-order valence-corrected chi connectivity index (χ1v) is 7.70. The largest absolute Gasteiger partial charge is 0.310 e. The number of benzene rings is 2. The SMILES string of the molecule is CCNC(Cc1cc(Br)ccc1F)c1ccccc1Cl. The summed E-state index contributed by atoms with van der Waals surface area (Å²) >= 11 is 9.63. The van der Waals surface area contributed by atoms with E-state index in [4.69, 9.17) is 11.6 Å². The fourth-order valence-corrected chi connectivity index (χ4v) is 2.89. The molecule has 0 fully saturated rings. The Morgan fingerprint density at radius 3 is 2.70 bits per heavy atom. The maximum Gasteiger partial charge on any atom is 0.126 e. The van der Waals surface area contributed by atoms with E-state index in [1.54, 1.807) is 6.07 Å². The quantitative estimate of drug-likeness (QED) is 0.782. The fraction of sp³-hybridized carbons (Fsp3) is 0.250. The first-order chi connectivity index (χ1) is 9.61. The van der Waals surface area contributed by atoms with E-state index in [-0.39, 0.29) is 11.9 Å². The van der Waals surface area contributed by atoms with Crippen molar-refractivity contribution in [2.75, 3.05) is 6.54 Å². The van der Waals surface area contributed by atoms with Gasteiger partial charge in [0.05, 0.1) is 0 Å². The predicted octanol–water partition coefficient (Wildman–Crippen LogP) is 5.13. The van der Waals surface area contributed by atoms with Gasteiger partial charge in [-0.05, 0) is 48.4 Å². The van der Waals surface area contributed by atoms with Gasteiger partial charge in [0.1, 0.15) is 5.82 Å². The van der Waals surface area contributed by atoms with Gasteiger partial charge in [-0.3, -0.25) is 0 Å². The number of hydrogen-bond donors (Lipinski definition) is 1. The molecule has 2 rings (SSSR count). The summed E-state index contributed by atoms with van der Waals surface area (Å²) in [4.78, 5) is 0. The standard InChI is InChI=1S/C16H16BrClFN/c1-2-20-16(13-5-3-4-6-14(13)18)10-11-9-12(17)7-8-15(11)19/h3-9,16,20H,2,10H2,1H3. The Labute approximate surface area is 132 Å². The second-order valence-electron chi connectivity index (χ2n) is 4.57. The van der Waals surface area contributed by atoms with Crippen LogP contribution in [0.4, 0.5) is 4.39 Å². The topological polar surface area (TPSA) is 12.0 Å². The zero-order valence-electron chi connectivity index (χ0n) is 11.2. The summed E-state index contributed by atoms with van der Waals surface area (Å²) in [5.74, 6) is -0.192. The number of rotatable bonds is 5. The lowest BCUT2D eigenvalue weighted by atomic mass is 9.98. The van der Waals surface area contributed by atoms with E-state index < -0.39 is 0 Å². The third kappa shape index (κ3) is 3.81. The molecule has 0 bridgehead atoms. The highest BCUT2D eigenvalue weighted by molar-refractivity contribution is 9.10. The molecular formula is C16H16BrClFN. The van der Waals surface area contributed by atoms with Crippen LogP contribution in [-0.2, 0) is 6.42 Å². The summed E-state index contributed by atoms with van der Waals surface area (Å²) in [7, 11) is 0. The smallest absolute Gasteiger partial charge is 0.126 e. The zero-order chi connectivity index (χ0) is 14.5. The Balaban J connectivity index is 2.30. The number of hydrogen-bond acceptors (Lipinski definition) is 1. The second kappa shape index (κ2) is 7.21. The van der Waals surface area contributed by atoms with Crippen LogP contribution in [0.5, 0.6) is 0 Å². The van der Waals surface area contributed by atoms with Gasteiger partial charge in [0.25, 0.3) is 0 Å². The Hall–Kier alpha value is -0.900. The second-order valence-corrected chi connectivity index (χ2v) is 5.89. The molecule has 2 aromatic carbocycles. The van der Waals surface area contributed by atoms with Crippen molar-refractivity contribution in [3.05, 3.63) is 68.9 Å². The highest BCUT2D eigenvalue weighted by Crippen LogP contribution is 2.27. The van der Waals surface area contributed by atoms with Crippen molar-refractivity contribution < 1.29 is 4.39 Å². The van der Waals surface area contributed by atoms with Gasteiger partial charge in [-0.15, -0.1) is 0 Å². The van der Waals surface area contributed by atoms with Crippen molar-refractivity contribution in [2.45, 2.75) is 19.4 Å². The molecule has 0 heterocycles. The summed E-state index contributed by atoms with van der Waals surface area (Å²) in [5, 5.41) is 4.07. The molecule has 2 aromatic rings. The molecule has 0 aliphatic carbocycles. The first kappa shape index (κ1) is 15.5. The van der Waals surface area contributed by atoms with E-state index in [1.165, 1.54) is 6.07 Å². The van der Waals surface area contributed by atoms with E-state index in [2.05, 4.69) is 21.2 Å². The Morgan fingerprint density at radius 1 is 1.25 bits per heavy atom. The minimum atomic E-state index is -0.192. The van der Waals surface area contributed by atoms with Crippen LogP contribution in [-0.4, -0.2) is 6.54 Å². The van der Waals surface area contributed by atoms with Gasteiger partial charge in [0, 0.05) is 15.5 Å². The van der Waals surface area contributed by atoms with Crippen molar-refractivity contribution in [1.29, 1.82) is 0 Å². The molecule has 0 aliphatic rings. The average Bonchev–Trinajstić information content (AvgIpc) is 2.43. The van der Waals surface area contributed by atoms with E-state index in [1.807, 2.05) is 37.3 Å². The molecule has 1 atom stereocenters. The van der Waals surface area contributed by atoms with E-state index in [0.717, 1.165) is 16.6 Å². The van der Waals surface area contributed by atoms with Crippen LogP contribution in [0, 0.1) is 5.82 Å². The number of nitrogens with one attached hydrogen (secondary N) is 1. The van der Waals surface area contributed by atoms with E-state index in [0.29, 0.717) is 17.0 Å². The van der Waals surface area contributed by atoms with Gasteiger partial charge in [-0.25, -0.2) is 4.39 Å². The van der Waals surface area contributed by atoms with Gasteiger partial charge in [0.15, 0.2) is 0 Å². The molecule has 0 radical (unpaired) electrons. The van der Waals surface area contributed by atoms with Gasteiger partial charge in [-0.1, -0.05) is 52.7 Å². The molecule has 0 spiro atoms. The molecule has 0 saturated heterocycles. The third-order valence-corrected chi connectivity index (χ3v) is 4.00. The lowest BCUT2D eigenvalue weighted by Crippen LogP contribution is -2.23. The zero-order valence-corrected chi connectivity index (χ0v) is 13.5. The molecule has 1 unspecified atom stereocenters. The molecule has 1 N–H and O–H groups in total. The van der Waals surface area contributed by atoms with E-state index in [9.17, 15) is 4.39 Å². The molecular weight excluding hydrogens is 341 g/mol. The van der Waals surface area contributed by atoms with Crippen LogP contribution in [0.25, 0.3) is 0 Å². The monoisotopic (exact) mass is 355 g/mol. The molecule has 106 valence electrons. The van der Waals surface area contributed by atoms with Crippen molar-refractivity contribution >= 4 is 27.5 Å². The Kier molecular flexibility index (Phi) is 5.58. The molecule has 0 amide bonds. The lowest BCUT2D eigenvalue weighted by Gasteiger charge is -2.20. The number of likely N-dealkylation sites (N-methyl/N-ethyl adjacent to an activating group) is 1. The van der Waals surface area contributed by atoms with Crippen molar-refractivity contribution in [1.82, 2.24) is 5.32 Å². The normalized spacial score (nSPS) is 12.4. The van der Waals surface area contributed by atoms with Crippen molar-refractivity contribution in [2.24, 2.45) is 0 Å². The van der Waals surface area contributed by atoms with Crippen LogP contribution < -0.4 is 5.32 Å². The summed E-state index contributed by atoms with van der Waals surface area (Å²) in [6, 6.07) is 12.7. The van der Waals surface area contributed by atoms with Gasteiger partial charge < -0.3 is 5.32 Å². The maximum atomic E-state index is 13.9. The molecule has 20 heavy (non-hydrogen) atoms. The summed E-state index contributed by atoms with van der Waals surface area (Å²) in [5.41, 5.74) is 1.67. The molecule has 0 aromatic heterocycles. The minimum absolute atomic E-state index is 0.00231. The van der Waals surface area contributed by atoms with Crippen molar-refractivity contribution in [3.63, 3.8) is 0 Å². The van der Waals surface area contributed by atoms with E-state index >= 15 is 0 Å². The van der Waals surface area contributed by atoms with Gasteiger partial charge in [-0.2, -0.15) is 0 Å². The van der Waals surface area contributed by atoms with Crippen LogP contribution in [0.2, 0.25) is 5.02 Å². The lowest BCUT2D eigenvalue weighted by molar-refractivity contribution is 0.528. The molecule has 0 saturated carbocycles.